The van der Waals surface area contributed by atoms with Gasteiger partial charge in [-0.25, -0.2) is 4.98 Å². The number of hydrogen-bond acceptors (Lipinski definition) is 4. The van der Waals surface area contributed by atoms with Gasteiger partial charge in [0.1, 0.15) is 11.8 Å². The summed E-state index contributed by atoms with van der Waals surface area (Å²) in [6.45, 7) is 0.565. The first kappa shape index (κ1) is 16.1. The Hall–Kier alpha value is -3.35. The van der Waals surface area contributed by atoms with Crippen LogP contribution in [0.4, 0.5) is 5.69 Å². The number of hydrogen-bond donors (Lipinski definition) is 2. The second-order valence-corrected chi connectivity index (χ2v) is 6.14. The minimum absolute atomic E-state index is 0.105. The maximum atomic E-state index is 12.7. The Balaban J connectivity index is 1.46. The van der Waals surface area contributed by atoms with Crippen LogP contribution in [0.1, 0.15) is 16.8 Å². The van der Waals surface area contributed by atoms with E-state index in [2.05, 4.69) is 15.3 Å². The number of H-pyrrole nitrogens is 1. The number of anilines is 1. The van der Waals surface area contributed by atoms with E-state index in [4.69, 9.17) is 4.74 Å². The summed E-state index contributed by atoms with van der Waals surface area (Å²) in [6.07, 6.45) is 2.16. The molecule has 1 aliphatic heterocycles. The van der Waals surface area contributed by atoms with E-state index in [-0.39, 0.29) is 11.8 Å². The Morgan fingerprint density at radius 1 is 1.27 bits per heavy atom. The van der Waals surface area contributed by atoms with Crippen LogP contribution < -0.4 is 15.0 Å². The highest BCUT2D eigenvalue weighted by Gasteiger charge is 2.33. The fourth-order valence-electron chi connectivity index (χ4n) is 3.15. The van der Waals surface area contributed by atoms with E-state index in [1.54, 1.807) is 36.5 Å². The van der Waals surface area contributed by atoms with Crippen LogP contribution in [0.25, 0.3) is 11.0 Å². The highest BCUT2D eigenvalue weighted by atomic mass is 16.5. The van der Waals surface area contributed by atoms with Crippen LogP contribution >= 0.6 is 0 Å². The van der Waals surface area contributed by atoms with Crippen LogP contribution in [-0.4, -0.2) is 41.5 Å². The van der Waals surface area contributed by atoms with Crippen molar-refractivity contribution in [2.24, 2.45) is 0 Å². The number of nitrogens with one attached hydrogen (secondary N) is 2. The van der Waals surface area contributed by atoms with E-state index in [1.807, 2.05) is 24.3 Å². The number of rotatable bonds is 4. The molecule has 26 heavy (non-hydrogen) atoms. The normalized spacial score (nSPS) is 16.9. The average molecular weight is 350 g/mol. The van der Waals surface area contributed by atoms with Gasteiger partial charge in [0.2, 0.25) is 5.91 Å². The monoisotopic (exact) mass is 350 g/mol. The lowest BCUT2D eigenvalue weighted by Gasteiger charge is -2.17. The van der Waals surface area contributed by atoms with Gasteiger partial charge in [0, 0.05) is 17.8 Å². The van der Waals surface area contributed by atoms with E-state index < -0.39 is 6.04 Å². The summed E-state index contributed by atoms with van der Waals surface area (Å²) in [4.78, 5) is 34.0. The predicted molar refractivity (Wildman–Crippen MR) is 97.3 cm³/mol. The van der Waals surface area contributed by atoms with Gasteiger partial charge < -0.3 is 19.9 Å². The first-order valence-corrected chi connectivity index (χ1v) is 8.35. The zero-order chi connectivity index (χ0) is 18.1. The maximum absolute atomic E-state index is 12.7. The number of amides is 2. The van der Waals surface area contributed by atoms with Crippen molar-refractivity contribution in [1.82, 2.24) is 15.3 Å². The Morgan fingerprint density at radius 2 is 2.08 bits per heavy atom. The van der Waals surface area contributed by atoms with Gasteiger partial charge in [-0.05, 0) is 48.9 Å². The van der Waals surface area contributed by atoms with E-state index in [9.17, 15) is 9.59 Å². The molecule has 0 aliphatic carbocycles. The van der Waals surface area contributed by atoms with Crippen molar-refractivity contribution in [3.8, 4) is 5.75 Å². The molecule has 7 heteroatoms. The molecule has 7 nitrogen and oxygen atoms in total. The second kappa shape index (κ2) is 6.51. The van der Waals surface area contributed by atoms with Crippen LogP contribution in [0.2, 0.25) is 0 Å². The molecule has 132 valence electrons. The summed E-state index contributed by atoms with van der Waals surface area (Å²) in [5, 5.41) is 2.83. The zero-order valence-electron chi connectivity index (χ0n) is 14.2. The van der Waals surface area contributed by atoms with Crippen LogP contribution in [0.15, 0.2) is 48.8 Å². The van der Waals surface area contributed by atoms with Crippen LogP contribution in [-0.2, 0) is 4.79 Å². The number of aromatic nitrogens is 2. The first-order chi connectivity index (χ1) is 12.7. The molecule has 0 saturated carbocycles. The summed E-state index contributed by atoms with van der Waals surface area (Å²) >= 11 is 0. The molecular weight excluding hydrogens is 332 g/mol. The Labute approximate surface area is 150 Å². The molecule has 2 N–H and O–H groups in total. The Bertz CT molecular complexity index is 964. The van der Waals surface area contributed by atoms with Gasteiger partial charge in [-0.1, -0.05) is 0 Å². The summed E-state index contributed by atoms with van der Waals surface area (Å²) < 4.78 is 5.14. The molecule has 4 rings (SSSR count). The topological polar surface area (TPSA) is 87.3 Å². The average Bonchev–Trinajstić information content (AvgIpc) is 3.28. The smallest absolute Gasteiger partial charge is 0.252 e. The van der Waals surface area contributed by atoms with E-state index >= 15 is 0 Å². The standard InChI is InChI=1S/C19H18N4O3/c1-26-14-5-3-13(4-6-14)23-9-8-16(19(23)25)22-18(24)12-2-7-15-17(10-12)21-11-20-15/h2-7,10-11,16H,8-9H2,1H3,(H,20,21)(H,22,24). The van der Waals surface area contributed by atoms with Gasteiger partial charge in [-0.3, -0.25) is 9.59 Å². The largest absolute Gasteiger partial charge is 0.497 e. The van der Waals surface area contributed by atoms with Gasteiger partial charge in [-0.2, -0.15) is 0 Å². The lowest BCUT2D eigenvalue weighted by Crippen LogP contribution is -2.41. The molecular formula is C19H18N4O3. The van der Waals surface area contributed by atoms with Gasteiger partial charge in [-0.15, -0.1) is 0 Å². The number of ether oxygens (including phenoxy) is 1. The van der Waals surface area contributed by atoms with Crippen molar-refractivity contribution in [2.75, 3.05) is 18.6 Å². The maximum Gasteiger partial charge on any atom is 0.252 e. The number of imidazole rings is 1. The van der Waals surface area contributed by atoms with E-state index in [0.29, 0.717) is 18.5 Å². The minimum Gasteiger partial charge on any atom is -0.497 e. The molecule has 0 spiro atoms. The third kappa shape index (κ3) is 2.88. The number of carbonyl (C=O) groups excluding carboxylic acids is 2. The Morgan fingerprint density at radius 3 is 2.85 bits per heavy atom. The number of fused-ring (bicyclic) bond motifs is 1. The molecule has 1 fully saturated rings. The number of benzene rings is 2. The van der Waals surface area contributed by atoms with Crippen molar-refractivity contribution >= 4 is 28.5 Å². The molecule has 0 bridgehead atoms. The Kier molecular flexibility index (Phi) is 4.04. The fourth-order valence-corrected chi connectivity index (χ4v) is 3.15. The number of aromatic amines is 1. The lowest BCUT2D eigenvalue weighted by molar-refractivity contribution is -0.118. The highest BCUT2D eigenvalue weighted by Crippen LogP contribution is 2.24. The lowest BCUT2D eigenvalue weighted by atomic mass is 10.1. The van der Waals surface area contributed by atoms with Gasteiger partial charge in [0.25, 0.3) is 5.91 Å². The molecule has 1 atom stereocenters. The SMILES string of the molecule is COc1ccc(N2CCC(NC(=O)c3ccc4nc[nH]c4c3)C2=O)cc1. The van der Waals surface area contributed by atoms with Crippen molar-refractivity contribution in [3.05, 3.63) is 54.4 Å². The zero-order valence-corrected chi connectivity index (χ0v) is 14.2. The van der Waals surface area contributed by atoms with Crippen molar-refractivity contribution in [1.29, 1.82) is 0 Å². The summed E-state index contributed by atoms with van der Waals surface area (Å²) in [5.74, 6) is 0.363. The quantitative estimate of drug-likeness (QED) is 0.754. The molecule has 2 aromatic carbocycles. The van der Waals surface area contributed by atoms with Crippen LogP contribution in [0, 0.1) is 0 Å². The van der Waals surface area contributed by atoms with Crippen LogP contribution in [0.5, 0.6) is 5.75 Å². The van der Waals surface area contributed by atoms with Gasteiger partial charge >= 0.3 is 0 Å². The van der Waals surface area contributed by atoms with E-state index in [0.717, 1.165) is 22.5 Å². The predicted octanol–water partition coefficient (Wildman–Crippen LogP) is 2.11. The molecule has 1 aliphatic rings. The van der Waals surface area contributed by atoms with E-state index in [1.165, 1.54) is 0 Å². The second-order valence-electron chi connectivity index (χ2n) is 6.14. The molecule has 1 unspecified atom stereocenters. The summed E-state index contributed by atoms with van der Waals surface area (Å²) in [6, 6.07) is 12.0. The van der Waals surface area contributed by atoms with Crippen molar-refractivity contribution in [2.45, 2.75) is 12.5 Å². The number of methoxy groups -OCH3 is 1. The van der Waals surface area contributed by atoms with Gasteiger partial charge in [0.05, 0.1) is 24.5 Å². The van der Waals surface area contributed by atoms with Gasteiger partial charge in [0.15, 0.2) is 0 Å². The third-order valence-corrected chi connectivity index (χ3v) is 4.58. The number of carbonyl (C=O) groups is 2. The molecule has 2 heterocycles. The third-order valence-electron chi connectivity index (χ3n) is 4.58. The summed E-state index contributed by atoms with van der Waals surface area (Å²) in [5.41, 5.74) is 2.88. The number of nitrogens with zero attached hydrogens (tertiary/aromatic N) is 2. The van der Waals surface area contributed by atoms with Crippen molar-refractivity contribution < 1.29 is 14.3 Å². The molecule has 0 radical (unpaired) electrons. The van der Waals surface area contributed by atoms with Crippen LogP contribution in [0.3, 0.4) is 0 Å². The minimum atomic E-state index is -0.526. The van der Waals surface area contributed by atoms with Crippen molar-refractivity contribution in [3.63, 3.8) is 0 Å². The first-order valence-electron chi connectivity index (χ1n) is 8.35. The molecule has 3 aromatic rings. The molecule has 2 amide bonds. The fraction of sp³-hybridized carbons (Fsp3) is 0.211. The highest BCUT2D eigenvalue weighted by molar-refractivity contribution is 6.04. The molecule has 1 aromatic heterocycles. The molecule has 1 saturated heterocycles. The summed E-state index contributed by atoms with van der Waals surface area (Å²) in [7, 11) is 1.60.